The fourth-order valence-corrected chi connectivity index (χ4v) is 2.94. The van der Waals surface area contributed by atoms with Gasteiger partial charge in [0, 0.05) is 30.7 Å². The van der Waals surface area contributed by atoms with Crippen LogP contribution >= 0.6 is 11.3 Å². The maximum absolute atomic E-state index is 12.2. The molecule has 1 saturated heterocycles. The van der Waals surface area contributed by atoms with E-state index >= 15 is 0 Å². The van der Waals surface area contributed by atoms with Crippen LogP contribution in [0.5, 0.6) is 5.88 Å². The minimum atomic E-state index is 0.0420. The second-order valence-corrected chi connectivity index (χ2v) is 5.81. The number of hydrogen-bond donors (Lipinski definition) is 0. The van der Waals surface area contributed by atoms with Crippen molar-refractivity contribution in [2.24, 2.45) is 5.92 Å². The van der Waals surface area contributed by atoms with Gasteiger partial charge in [0.15, 0.2) is 0 Å². The number of thiazole rings is 1. The predicted octanol–water partition coefficient (Wildman–Crippen LogP) is 2.47. The van der Waals surface area contributed by atoms with Crippen molar-refractivity contribution in [3.05, 3.63) is 41.0 Å². The Hall–Kier alpha value is -1.95. The van der Waals surface area contributed by atoms with Crippen molar-refractivity contribution < 1.29 is 9.53 Å². The topological polar surface area (TPSA) is 55.3 Å². The Morgan fingerprint density at radius 3 is 2.86 bits per heavy atom. The number of hydrogen-bond acceptors (Lipinski definition) is 5. The minimum Gasteiger partial charge on any atom is -0.477 e. The van der Waals surface area contributed by atoms with E-state index in [1.165, 1.54) is 11.3 Å². The quantitative estimate of drug-likeness (QED) is 0.870. The smallest absolute Gasteiger partial charge is 0.273 e. The molecule has 0 bridgehead atoms. The predicted molar refractivity (Wildman–Crippen MR) is 80.5 cm³/mol. The molecular weight excluding hydrogens is 286 g/mol. The van der Waals surface area contributed by atoms with Gasteiger partial charge in [0.2, 0.25) is 5.88 Å². The highest BCUT2D eigenvalue weighted by Gasteiger charge is 2.24. The van der Waals surface area contributed by atoms with E-state index in [4.69, 9.17) is 4.74 Å². The van der Waals surface area contributed by atoms with Gasteiger partial charge in [-0.3, -0.25) is 4.79 Å². The van der Waals surface area contributed by atoms with Gasteiger partial charge in [-0.2, -0.15) is 0 Å². The number of amides is 1. The third-order valence-corrected chi connectivity index (χ3v) is 4.24. The molecule has 0 unspecified atom stereocenters. The molecule has 1 fully saturated rings. The summed E-state index contributed by atoms with van der Waals surface area (Å²) in [5.74, 6) is 1.19. The van der Waals surface area contributed by atoms with Gasteiger partial charge in [0.25, 0.3) is 5.91 Å². The first kappa shape index (κ1) is 14.0. The number of aromatic nitrogens is 2. The summed E-state index contributed by atoms with van der Waals surface area (Å²) in [5.41, 5.74) is 2.25. The molecule has 0 spiro atoms. The van der Waals surface area contributed by atoms with Crippen LogP contribution < -0.4 is 4.74 Å². The van der Waals surface area contributed by atoms with E-state index in [1.807, 2.05) is 23.1 Å². The van der Waals surface area contributed by atoms with Crippen LogP contribution in [-0.4, -0.2) is 40.5 Å². The standard InChI is InChI=1S/C15H17N3O2S/c19-15(13-10-21-11-17-13)18-7-4-12(5-8-18)9-20-14-3-1-2-6-16-14/h1-3,6,10-12H,4-5,7-9H2. The Balaban J connectivity index is 1.46. The van der Waals surface area contributed by atoms with Crippen molar-refractivity contribution in [1.82, 2.24) is 14.9 Å². The van der Waals surface area contributed by atoms with Crippen molar-refractivity contribution in [3.8, 4) is 5.88 Å². The van der Waals surface area contributed by atoms with Crippen molar-refractivity contribution in [2.75, 3.05) is 19.7 Å². The minimum absolute atomic E-state index is 0.0420. The molecule has 0 radical (unpaired) electrons. The van der Waals surface area contributed by atoms with Gasteiger partial charge in [-0.15, -0.1) is 11.3 Å². The van der Waals surface area contributed by atoms with Crippen molar-refractivity contribution >= 4 is 17.2 Å². The van der Waals surface area contributed by atoms with Crippen molar-refractivity contribution in [3.63, 3.8) is 0 Å². The van der Waals surface area contributed by atoms with Gasteiger partial charge in [-0.1, -0.05) is 6.07 Å². The Morgan fingerprint density at radius 1 is 1.33 bits per heavy atom. The molecule has 6 heteroatoms. The summed E-state index contributed by atoms with van der Waals surface area (Å²) in [6, 6.07) is 5.65. The average Bonchev–Trinajstić information content (AvgIpc) is 3.08. The Kier molecular flexibility index (Phi) is 4.45. The molecule has 1 amide bonds. The van der Waals surface area contributed by atoms with Gasteiger partial charge >= 0.3 is 0 Å². The van der Waals surface area contributed by atoms with E-state index in [9.17, 15) is 4.79 Å². The molecule has 2 aromatic heterocycles. The van der Waals surface area contributed by atoms with E-state index in [0.29, 0.717) is 24.1 Å². The van der Waals surface area contributed by atoms with Crippen LogP contribution in [0.2, 0.25) is 0 Å². The Labute approximate surface area is 127 Å². The van der Waals surface area contributed by atoms with E-state index in [2.05, 4.69) is 9.97 Å². The van der Waals surface area contributed by atoms with Crippen LogP contribution in [0.1, 0.15) is 23.3 Å². The number of ether oxygens (including phenoxy) is 1. The molecule has 110 valence electrons. The lowest BCUT2D eigenvalue weighted by Crippen LogP contribution is -2.39. The van der Waals surface area contributed by atoms with E-state index in [0.717, 1.165) is 25.9 Å². The third-order valence-electron chi connectivity index (χ3n) is 3.66. The van der Waals surface area contributed by atoms with Gasteiger partial charge in [0.1, 0.15) is 5.69 Å². The monoisotopic (exact) mass is 303 g/mol. The lowest BCUT2D eigenvalue weighted by atomic mass is 9.97. The Morgan fingerprint density at radius 2 is 2.19 bits per heavy atom. The number of piperidine rings is 1. The molecular formula is C15H17N3O2S. The molecule has 1 aliphatic heterocycles. The molecule has 2 aromatic rings. The average molecular weight is 303 g/mol. The van der Waals surface area contributed by atoms with Crippen LogP contribution in [0.3, 0.4) is 0 Å². The fourth-order valence-electron chi connectivity index (χ4n) is 2.42. The number of rotatable bonds is 4. The molecule has 0 aliphatic carbocycles. The largest absolute Gasteiger partial charge is 0.477 e. The highest BCUT2D eigenvalue weighted by molar-refractivity contribution is 7.07. The molecule has 3 rings (SSSR count). The van der Waals surface area contributed by atoms with E-state index in [-0.39, 0.29) is 5.91 Å². The summed E-state index contributed by atoms with van der Waals surface area (Å²) in [4.78, 5) is 22.3. The second kappa shape index (κ2) is 6.67. The molecule has 0 atom stereocenters. The molecule has 1 aliphatic rings. The zero-order valence-corrected chi connectivity index (χ0v) is 12.5. The molecule has 3 heterocycles. The summed E-state index contributed by atoms with van der Waals surface area (Å²) >= 11 is 1.45. The molecule has 5 nitrogen and oxygen atoms in total. The number of carbonyl (C=O) groups excluding carboxylic acids is 1. The molecule has 0 aromatic carbocycles. The van der Waals surface area contributed by atoms with Crippen LogP contribution in [0, 0.1) is 5.92 Å². The first-order valence-electron chi connectivity index (χ1n) is 7.04. The van der Waals surface area contributed by atoms with Crippen molar-refractivity contribution in [1.29, 1.82) is 0 Å². The first-order valence-corrected chi connectivity index (χ1v) is 7.98. The highest BCUT2D eigenvalue weighted by atomic mass is 32.1. The molecule has 0 N–H and O–H groups in total. The lowest BCUT2D eigenvalue weighted by Gasteiger charge is -2.31. The molecule has 21 heavy (non-hydrogen) atoms. The van der Waals surface area contributed by atoms with Crippen LogP contribution in [0.4, 0.5) is 0 Å². The van der Waals surface area contributed by atoms with Crippen LogP contribution in [0.25, 0.3) is 0 Å². The maximum atomic E-state index is 12.2. The van der Waals surface area contributed by atoms with Gasteiger partial charge in [-0.25, -0.2) is 9.97 Å². The van der Waals surface area contributed by atoms with Gasteiger partial charge in [0.05, 0.1) is 12.1 Å². The summed E-state index contributed by atoms with van der Waals surface area (Å²) in [6.45, 7) is 2.20. The SMILES string of the molecule is O=C(c1cscn1)N1CCC(COc2ccccn2)CC1. The number of likely N-dealkylation sites (tertiary alicyclic amines) is 1. The zero-order valence-electron chi connectivity index (χ0n) is 11.6. The summed E-state index contributed by atoms with van der Waals surface area (Å²) < 4.78 is 5.69. The van der Waals surface area contributed by atoms with E-state index in [1.54, 1.807) is 17.1 Å². The first-order chi connectivity index (χ1) is 10.3. The van der Waals surface area contributed by atoms with Crippen LogP contribution in [0.15, 0.2) is 35.3 Å². The maximum Gasteiger partial charge on any atom is 0.273 e. The normalized spacial score (nSPS) is 15.9. The fraction of sp³-hybridized carbons (Fsp3) is 0.400. The second-order valence-electron chi connectivity index (χ2n) is 5.09. The number of pyridine rings is 1. The van der Waals surface area contributed by atoms with Gasteiger partial charge < -0.3 is 9.64 Å². The van der Waals surface area contributed by atoms with Crippen LogP contribution in [-0.2, 0) is 0 Å². The molecule has 0 saturated carbocycles. The summed E-state index contributed by atoms with van der Waals surface area (Å²) in [5, 5.41) is 1.80. The third kappa shape index (κ3) is 3.58. The zero-order chi connectivity index (χ0) is 14.5. The number of carbonyl (C=O) groups is 1. The lowest BCUT2D eigenvalue weighted by molar-refractivity contribution is 0.0654. The Bertz CT molecular complexity index is 566. The van der Waals surface area contributed by atoms with Gasteiger partial charge in [-0.05, 0) is 24.8 Å². The summed E-state index contributed by atoms with van der Waals surface area (Å²) in [7, 11) is 0. The van der Waals surface area contributed by atoms with Crippen molar-refractivity contribution in [2.45, 2.75) is 12.8 Å². The number of nitrogens with zero attached hydrogens (tertiary/aromatic N) is 3. The summed E-state index contributed by atoms with van der Waals surface area (Å²) in [6.07, 6.45) is 3.65. The highest BCUT2D eigenvalue weighted by Crippen LogP contribution is 2.20. The van der Waals surface area contributed by atoms with E-state index < -0.39 is 0 Å².